The molecule has 0 unspecified atom stereocenters. The molecule has 1 aliphatic heterocycles. The number of rotatable bonds is 6. The second kappa shape index (κ2) is 8.83. The lowest BCUT2D eigenvalue weighted by Gasteiger charge is -2.25. The number of aromatic hydroxyl groups is 1. The number of ether oxygens (including phenoxy) is 2. The van der Waals surface area contributed by atoms with Gasteiger partial charge in [0.25, 0.3) is 5.91 Å². The van der Waals surface area contributed by atoms with Crippen LogP contribution in [0.25, 0.3) is 11.0 Å². The van der Waals surface area contributed by atoms with Gasteiger partial charge in [0.1, 0.15) is 11.3 Å². The molecule has 178 valence electrons. The van der Waals surface area contributed by atoms with E-state index < -0.39 is 6.04 Å². The van der Waals surface area contributed by atoms with Gasteiger partial charge in [0.2, 0.25) is 5.76 Å². The molecule has 0 fully saturated rings. The first kappa shape index (κ1) is 22.5. The van der Waals surface area contributed by atoms with Crippen molar-refractivity contribution in [2.75, 3.05) is 20.8 Å². The summed E-state index contributed by atoms with van der Waals surface area (Å²) < 4.78 is 16.5. The smallest absolute Gasteiger partial charge is 0.290 e. The van der Waals surface area contributed by atoms with Gasteiger partial charge in [0.05, 0.1) is 31.2 Å². The molecule has 4 aromatic rings. The van der Waals surface area contributed by atoms with Crippen LogP contribution < -0.4 is 14.9 Å². The van der Waals surface area contributed by atoms with Crippen LogP contribution in [-0.4, -0.2) is 36.7 Å². The molecule has 2 heterocycles. The quantitative estimate of drug-likeness (QED) is 0.442. The molecule has 5 rings (SSSR count). The molecular formula is C28H25NO6. The summed E-state index contributed by atoms with van der Waals surface area (Å²) in [6.07, 6.45) is 0.572. The Morgan fingerprint density at radius 3 is 2.46 bits per heavy atom. The molecular weight excluding hydrogens is 446 g/mol. The van der Waals surface area contributed by atoms with Gasteiger partial charge < -0.3 is 23.9 Å². The molecule has 0 aliphatic carbocycles. The number of hydrogen-bond acceptors (Lipinski definition) is 6. The van der Waals surface area contributed by atoms with Crippen molar-refractivity contribution in [1.82, 2.24) is 4.90 Å². The zero-order valence-electron chi connectivity index (χ0n) is 19.7. The summed E-state index contributed by atoms with van der Waals surface area (Å²) in [5.74, 6) is 0.707. The Balaban J connectivity index is 1.62. The van der Waals surface area contributed by atoms with Crippen molar-refractivity contribution in [1.29, 1.82) is 0 Å². The number of carbonyl (C=O) groups is 1. The van der Waals surface area contributed by atoms with Gasteiger partial charge in [-0.2, -0.15) is 0 Å². The van der Waals surface area contributed by atoms with Gasteiger partial charge in [0.15, 0.2) is 16.9 Å². The van der Waals surface area contributed by atoms with E-state index >= 15 is 0 Å². The highest BCUT2D eigenvalue weighted by atomic mass is 16.5. The number of methoxy groups -OCH3 is 2. The number of benzene rings is 3. The Hall–Kier alpha value is -4.26. The van der Waals surface area contributed by atoms with Crippen molar-refractivity contribution < 1.29 is 23.8 Å². The molecule has 3 aromatic carbocycles. The van der Waals surface area contributed by atoms with Crippen LogP contribution >= 0.6 is 0 Å². The lowest BCUT2D eigenvalue weighted by molar-refractivity contribution is 0.0730. The van der Waals surface area contributed by atoms with Gasteiger partial charge in [-0.15, -0.1) is 0 Å². The summed E-state index contributed by atoms with van der Waals surface area (Å²) in [4.78, 5) is 28.9. The zero-order chi connectivity index (χ0) is 24.7. The lowest BCUT2D eigenvalue weighted by Crippen LogP contribution is -2.31. The number of nitrogens with zero attached hydrogens (tertiary/aromatic N) is 1. The standard InChI is InChI=1S/C28H25NO6/c1-16-4-11-22-20(14-16)26(31)24-25(18-7-10-21(30)23(15-18)34-3)29(28(32)27(24)35-22)13-12-17-5-8-19(33-2)9-6-17/h4-11,14-15,25,30H,12-13H2,1-3H3/t25-/m0/s1. The van der Waals surface area contributed by atoms with Gasteiger partial charge >= 0.3 is 0 Å². The summed E-state index contributed by atoms with van der Waals surface area (Å²) in [5.41, 5.74) is 3.05. The highest BCUT2D eigenvalue weighted by molar-refractivity contribution is 5.99. The molecule has 0 bridgehead atoms. The molecule has 0 radical (unpaired) electrons. The molecule has 35 heavy (non-hydrogen) atoms. The van der Waals surface area contributed by atoms with Gasteiger partial charge in [-0.05, 0) is 60.9 Å². The Morgan fingerprint density at radius 2 is 1.74 bits per heavy atom. The largest absolute Gasteiger partial charge is 0.504 e. The first-order valence-corrected chi connectivity index (χ1v) is 11.3. The van der Waals surface area contributed by atoms with E-state index in [2.05, 4.69) is 0 Å². The Bertz CT molecular complexity index is 1490. The average Bonchev–Trinajstić information content (AvgIpc) is 3.15. The van der Waals surface area contributed by atoms with Gasteiger partial charge in [0, 0.05) is 6.54 Å². The van der Waals surface area contributed by atoms with E-state index in [0.717, 1.165) is 16.9 Å². The van der Waals surface area contributed by atoms with Crippen LogP contribution in [0, 0.1) is 6.92 Å². The molecule has 1 amide bonds. The molecule has 7 nitrogen and oxygen atoms in total. The van der Waals surface area contributed by atoms with Crippen LogP contribution in [0.1, 0.15) is 38.9 Å². The van der Waals surface area contributed by atoms with E-state index in [1.165, 1.54) is 13.2 Å². The summed E-state index contributed by atoms with van der Waals surface area (Å²) in [5, 5.41) is 10.6. The van der Waals surface area contributed by atoms with Crippen molar-refractivity contribution in [3.05, 3.63) is 98.9 Å². The van der Waals surface area contributed by atoms with Gasteiger partial charge in [-0.25, -0.2) is 0 Å². The SMILES string of the molecule is COc1ccc(CCN2C(=O)c3oc4ccc(C)cc4c(=O)c3[C@@H]2c2ccc(O)c(OC)c2)cc1. The van der Waals surface area contributed by atoms with Crippen LogP contribution in [0.15, 0.2) is 69.9 Å². The maximum Gasteiger partial charge on any atom is 0.290 e. The predicted molar refractivity (Wildman–Crippen MR) is 131 cm³/mol. The van der Waals surface area contributed by atoms with Crippen LogP contribution in [-0.2, 0) is 6.42 Å². The molecule has 7 heteroatoms. The lowest BCUT2D eigenvalue weighted by atomic mass is 9.97. The van der Waals surface area contributed by atoms with Crippen molar-refractivity contribution in [3.8, 4) is 17.2 Å². The summed E-state index contributed by atoms with van der Waals surface area (Å²) >= 11 is 0. The van der Waals surface area contributed by atoms with E-state index in [1.807, 2.05) is 37.3 Å². The molecule has 1 aromatic heterocycles. The minimum atomic E-state index is -0.675. The van der Waals surface area contributed by atoms with Crippen molar-refractivity contribution in [2.24, 2.45) is 0 Å². The third kappa shape index (κ3) is 3.89. The molecule has 1 aliphatic rings. The van der Waals surface area contributed by atoms with E-state index in [-0.39, 0.29) is 28.6 Å². The van der Waals surface area contributed by atoms with Crippen LogP contribution in [0.2, 0.25) is 0 Å². The summed E-state index contributed by atoms with van der Waals surface area (Å²) in [7, 11) is 3.07. The van der Waals surface area contributed by atoms with Gasteiger partial charge in [-0.1, -0.05) is 29.8 Å². The van der Waals surface area contributed by atoms with Crippen molar-refractivity contribution in [2.45, 2.75) is 19.4 Å². The van der Waals surface area contributed by atoms with Crippen molar-refractivity contribution >= 4 is 16.9 Å². The predicted octanol–water partition coefficient (Wildman–Crippen LogP) is 4.61. The number of amides is 1. The number of aryl methyl sites for hydroxylation is 1. The van der Waals surface area contributed by atoms with E-state index in [1.54, 1.807) is 36.3 Å². The Morgan fingerprint density at radius 1 is 0.971 bits per heavy atom. The van der Waals surface area contributed by atoms with Crippen LogP contribution in [0.3, 0.4) is 0 Å². The zero-order valence-corrected chi connectivity index (χ0v) is 19.7. The fourth-order valence-corrected chi connectivity index (χ4v) is 4.62. The topological polar surface area (TPSA) is 89.2 Å². The fourth-order valence-electron chi connectivity index (χ4n) is 4.62. The number of phenolic OH excluding ortho intramolecular Hbond substituents is 1. The average molecular weight is 472 g/mol. The van der Waals surface area contributed by atoms with Crippen molar-refractivity contribution in [3.63, 3.8) is 0 Å². The highest BCUT2D eigenvalue weighted by Crippen LogP contribution is 2.40. The van der Waals surface area contributed by atoms with Crippen LogP contribution in [0.4, 0.5) is 0 Å². The highest BCUT2D eigenvalue weighted by Gasteiger charge is 2.42. The second-order valence-electron chi connectivity index (χ2n) is 8.60. The van der Waals surface area contributed by atoms with E-state index in [4.69, 9.17) is 13.9 Å². The van der Waals surface area contributed by atoms with Crippen LogP contribution in [0.5, 0.6) is 17.2 Å². The minimum absolute atomic E-state index is 0.0215. The molecule has 0 saturated carbocycles. The molecule has 0 saturated heterocycles. The maximum absolute atomic E-state index is 13.7. The molecule has 1 atom stereocenters. The number of phenols is 1. The van der Waals surface area contributed by atoms with E-state index in [9.17, 15) is 14.7 Å². The molecule has 1 N–H and O–H groups in total. The first-order valence-electron chi connectivity index (χ1n) is 11.3. The normalized spacial score (nSPS) is 14.9. The Kier molecular flexibility index (Phi) is 5.68. The maximum atomic E-state index is 13.7. The molecule has 0 spiro atoms. The van der Waals surface area contributed by atoms with Gasteiger partial charge in [-0.3, -0.25) is 9.59 Å². The Labute approximate surface area is 202 Å². The third-order valence-electron chi connectivity index (χ3n) is 6.44. The fraction of sp³-hybridized carbons (Fsp3) is 0.214. The third-order valence-corrected chi connectivity index (χ3v) is 6.44. The number of hydrogen-bond donors (Lipinski definition) is 1. The first-order chi connectivity index (χ1) is 16.9. The second-order valence-corrected chi connectivity index (χ2v) is 8.60. The minimum Gasteiger partial charge on any atom is -0.504 e. The summed E-state index contributed by atoms with van der Waals surface area (Å²) in [6.45, 7) is 2.26. The number of fused-ring (bicyclic) bond motifs is 2. The summed E-state index contributed by atoms with van der Waals surface area (Å²) in [6, 6.07) is 17.2. The number of carbonyl (C=O) groups excluding carboxylic acids is 1. The monoisotopic (exact) mass is 471 g/mol. The van der Waals surface area contributed by atoms with E-state index in [0.29, 0.717) is 35.1 Å².